The maximum atomic E-state index is 12.1. The third-order valence-electron chi connectivity index (χ3n) is 3.32. The normalized spacial score (nSPS) is 14.9. The van der Waals surface area contributed by atoms with Gasteiger partial charge in [0.05, 0.1) is 0 Å². The van der Waals surface area contributed by atoms with Crippen molar-refractivity contribution in [2.45, 2.75) is 45.9 Å². The number of hydrogen-bond donors (Lipinski definition) is 1. The third-order valence-corrected chi connectivity index (χ3v) is 3.32. The Morgan fingerprint density at radius 2 is 2.10 bits per heavy atom. The highest BCUT2D eigenvalue weighted by Crippen LogP contribution is 2.22. The Morgan fingerprint density at radius 3 is 2.75 bits per heavy atom. The molecule has 0 aliphatic carbocycles. The van der Waals surface area contributed by atoms with Gasteiger partial charge in [-0.1, -0.05) is 18.2 Å². The first-order chi connectivity index (χ1) is 9.39. The Bertz CT molecular complexity index is 492. The Labute approximate surface area is 121 Å². The van der Waals surface area contributed by atoms with Gasteiger partial charge in [-0.25, -0.2) is 4.79 Å². The van der Waals surface area contributed by atoms with Crippen LogP contribution < -0.4 is 5.32 Å². The van der Waals surface area contributed by atoms with E-state index in [1.165, 1.54) is 16.7 Å². The summed E-state index contributed by atoms with van der Waals surface area (Å²) >= 11 is 0. The number of hydrogen-bond acceptors (Lipinski definition) is 3. The van der Waals surface area contributed by atoms with Crippen molar-refractivity contribution in [3.8, 4) is 0 Å². The number of nitrogens with zero attached hydrogens (tertiary/aromatic N) is 1. The van der Waals surface area contributed by atoms with Gasteiger partial charge in [-0.3, -0.25) is 0 Å². The Hall–Kier alpha value is -1.55. The average molecular weight is 276 g/mol. The Morgan fingerprint density at radius 1 is 1.35 bits per heavy atom. The molecule has 0 fully saturated rings. The summed E-state index contributed by atoms with van der Waals surface area (Å²) in [6.45, 7) is 7.94. The second-order valence-electron chi connectivity index (χ2n) is 6.29. The molecule has 20 heavy (non-hydrogen) atoms. The van der Waals surface area contributed by atoms with Crippen molar-refractivity contribution >= 4 is 6.09 Å². The number of carbonyl (C=O) groups is 1. The fourth-order valence-corrected chi connectivity index (χ4v) is 2.40. The highest BCUT2D eigenvalue weighted by Gasteiger charge is 2.25. The lowest BCUT2D eigenvalue weighted by molar-refractivity contribution is 0.0224. The van der Waals surface area contributed by atoms with E-state index in [9.17, 15) is 4.79 Å². The van der Waals surface area contributed by atoms with E-state index in [0.717, 1.165) is 19.5 Å². The number of rotatable bonds is 2. The molecule has 1 N–H and O–H groups in total. The van der Waals surface area contributed by atoms with Crippen molar-refractivity contribution in [1.82, 2.24) is 10.2 Å². The van der Waals surface area contributed by atoms with E-state index in [2.05, 4.69) is 23.5 Å². The van der Waals surface area contributed by atoms with Crippen LogP contribution in [-0.2, 0) is 24.2 Å². The van der Waals surface area contributed by atoms with Gasteiger partial charge in [0.25, 0.3) is 0 Å². The molecule has 1 amide bonds. The van der Waals surface area contributed by atoms with Crippen LogP contribution >= 0.6 is 0 Å². The zero-order valence-electron chi connectivity index (χ0n) is 12.8. The van der Waals surface area contributed by atoms with Crippen LogP contribution in [0.5, 0.6) is 0 Å². The maximum absolute atomic E-state index is 12.1. The van der Waals surface area contributed by atoms with Gasteiger partial charge in [-0.05, 0) is 50.9 Å². The van der Waals surface area contributed by atoms with Crippen LogP contribution in [0.25, 0.3) is 0 Å². The smallest absolute Gasteiger partial charge is 0.410 e. The quantitative estimate of drug-likeness (QED) is 0.903. The van der Waals surface area contributed by atoms with Gasteiger partial charge in [0.1, 0.15) is 5.60 Å². The molecule has 1 heterocycles. The summed E-state index contributed by atoms with van der Waals surface area (Å²) in [6, 6.07) is 6.48. The summed E-state index contributed by atoms with van der Waals surface area (Å²) in [5.74, 6) is 0. The standard InChI is InChI=1S/C16H24N2O2/c1-16(2,3)20-15(19)18-8-7-13-9-12(10-17-4)5-6-14(13)11-18/h5-6,9,17H,7-8,10-11H2,1-4H3. The molecule has 0 saturated heterocycles. The highest BCUT2D eigenvalue weighted by molar-refractivity contribution is 5.68. The van der Waals surface area contributed by atoms with Crippen molar-refractivity contribution < 1.29 is 9.53 Å². The number of nitrogens with one attached hydrogen (secondary N) is 1. The first-order valence-electron chi connectivity index (χ1n) is 7.12. The molecule has 0 saturated carbocycles. The van der Waals surface area contributed by atoms with Crippen LogP contribution in [0, 0.1) is 0 Å². The van der Waals surface area contributed by atoms with Crippen LogP contribution in [0.3, 0.4) is 0 Å². The molecule has 2 rings (SSSR count). The van der Waals surface area contributed by atoms with E-state index < -0.39 is 5.60 Å². The summed E-state index contributed by atoms with van der Waals surface area (Å²) in [4.78, 5) is 13.9. The topological polar surface area (TPSA) is 41.6 Å². The van der Waals surface area contributed by atoms with Crippen molar-refractivity contribution in [1.29, 1.82) is 0 Å². The van der Waals surface area contributed by atoms with Gasteiger partial charge < -0.3 is 15.0 Å². The van der Waals surface area contributed by atoms with E-state index in [1.807, 2.05) is 27.8 Å². The van der Waals surface area contributed by atoms with Gasteiger partial charge in [0.15, 0.2) is 0 Å². The van der Waals surface area contributed by atoms with E-state index in [-0.39, 0.29) is 6.09 Å². The first-order valence-corrected chi connectivity index (χ1v) is 7.12. The Balaban J connectivity index is 2.06. The second kappa shape index (κ2) is 5.83. The molecule has 0 bridgehead atoms. The van der Waals surface area contributed by atoms with Crippen molar-refractivity contribution in [2.24, 2.45) is 0 Å². The number of fused-ring (bicyclic) bond motifs is 1. The van der Waals surface area contributed by atoms with E-state index in [0.29, 0.717) is 6.54 Å². The molecule has 1 aliphatic heterocycles. The Kier molecular flexibility index (Phi) is 4.33. The number of carbonyl (C=O) groups excluding carboxylic acids is 1. The zero-order valence-corrected chi connectivity index (χ0v) is 12.8. The molecule has 0 unspecified atom stereocenters. The minimum absolute atomic E-state index is 0.220. The molecule has 4 nitrogen and oxygen atoms in total. The number of ether oxygens (including phenoxy) is 1. The average Bonchev–Trinajstić information content (AvgIpc) is 2.36. The predicted octanol–water partition coefficient (Wildman–Crippen LogP) is 2.70. The lowest BCUT2D eigenvalue weighted by Gasteiger charge is -2.31. The van der Waals surface area contributed by atoms with Gasteiger partial charge in [-0.2, -0.15) is 0 Å². The lowest BCUT2D eigenvalue weighted by atomic mass is 9.97. The fourth-order valence-electron chi connectivity index (χ4n) is 2.40. The van der Waals surface area contributed by atoms with Crippen LogP contribution in [0.15, 0.2) is 18.2 Å². The molecule has 1 aliphatic rings. The van der Waals surface area contributed by atoms with E-state index in [1.54, 1.807) is 4.90 Å². The van der Waals surface area contributed by atoms with Gasteiger partial charge >= 0.3 is 6.09 Å². The molecule has 0 radical (unpaired) electrons. The van der Waals surface area contributed by atoms with Crippen LogP contribution in [0.1, 0.15) is 37.5 Å². The monoisotopic (exact) mass is 276 g/mol. The van der Waals surface area contributed by atoms with Gasteiger partial charge in [-0.15, -0.1) is 0 Å². The van der Waals surface area contributed by atoms with E-state index >= 15 is 0 Å². The van der Waals surface area contributed by atoms with Crippen molar-refractivity contribution in [3.63, 3.8) is 0 Å². The lowest BCUT2D eigenvalue weighted by Crippen LogP contribution is -2.39. The largest absolute Gasteiger partial charge is 0.444 e. The summed E-state index contributed by atoms with van der Waals surface area (Å²) in [5.41, 5.74) is 3.42. The molecule has 0 aromatic heterocycles. The molecular weight excluding hydrogens is 252 g/mol. The summed E-state index contributed by atoms with van der Waals surface area (Å²) in [7, 11) is 1.95. The SMILES string of the molecule is CNCc1ccc2c(c1)CCN(C(=O)OC(C)(C)C)C2. The molecule has 110 valence electrons. The van der Waals surface area contributed by atoms with Gasteiger partial charge in [0.2, 0.25) is 0 Å². The summed E-state index contributed by atoms with van der Waals surface area (Å²) in [6.07, 6.45) is 0.675. The third kappa shape index (κ3) is 3.73. The van der Waals surface area contributed by atoms with Crippen LogP contribution in [-0.4, -0.2) is 30.2 Å². The van der Waals surface area contributed by atoms with Crippen molar-refractivity contribution in [2.75, 3.05) is 13.6 Å². The molecule has 1 aromatic rings. The minimum atomic E-state index is -0.436. The summed E-state index contributed by atoms with van der Waals surface area (Å²) < 4.78 is 5.43. The molecule has 0 spiro atoms. The second-order valence-corrected chi connectivity index (χ2v) is 6.29. The predicted molar refractivity (Wildman–Crippen MR) is 79.6 cm³/mol. The van der Waals surface area contributed by atoms with Crippen LogP contribution in [0.2, 0.25) is 0 Å². The van der Waals surface area contributed by atoms with Gasteiger partial charge in [0, 0.05) is 19.6 Å². The van der Waals surface area contributed by atoms with Crippen molar-refractivity contribution in [3.05, 3.63) is 34.9 Å². The maximum Gasteiger partial charge on any atom is 0.410 e. The molecular formula is C16H24N2O2. The minimum Gasteiger partial charge on any atom is -0.444 e. The molecule has 0 atom stereocenters. The summed E-state index contributed by atoms with van der Waals surface area (Å²) in [5, 5.41) is 3.16. The highest BCUT2D eigenvalue weighted by atomic mass is 16.6. The fraction of sp³-hybridized carbons (Fsp3) is 0.562. The van der Waals surface area contributed by atoms with Crippen LogP contribution in [0.4, 0.5) is 4.79 Å². The number of amides is 1. The molecule has 4 heteroatoms. The zero-order chi connectivity index (χ0) is 14.8. The first kappa shape index (κ1) is 14.9. The number of benzene rings is 1. The van der Waals surface area contributed by atoms with E-state index in [4.69, 9.17) is 4.74 Å². The molecule has 1 aromatic carbocycles.